The van der Waals surface area contributed by atoms with Crippen LogP contribution in [-0.4, -0.2) is 30.0 Å². The van der Waals surface area contributed by atoms with Gasteiger partial charge in [-0.3, -0.25) is 4.79 Å². The summed E-state index contributed by atoms with van der Waals surface area (Å²) in [7, 11) is 0. The molecule has 0 aliphatic carbocycles. The molecule has 0 bridgehead atoms. The van der Waals surface area contributed by atoms with Crippen LogP contribution in [0, 0.1) is 5.82 Å². The standard InChI is InChI=1S/C21H20FN3O2S/c22-16-6-8-18(9-7-16)27-19-5-1-3-15(13-19)20(26)24-14-17-4-2-11-25(17)21-23-10-12-28-21/h1,3,5-10,12-13,17H,2,4,11,14H2,(H,24,26). The maximum absolute atomic E-state index is 13.0. The van der Waals surface area contributed by atoms with Crippen LogP contribution in [0.3, 0.4) is 0 Å². The second-order valence-electron chi connectivity index (χ2n) is 6.60. The summed E-state index contributed by atoms with van der Waals surface area (Å²) in [6, 6.07) is 13.0. The van der Waals surface area contributed by atoms with Crippen LogP contribution < -0.4 is 15.0 Å². The minimum atomic E-state index is -0.320. The van der Waals surface area contributed by atoms with E-state index in [4.69, 9.17) is 4.74 Å². The number of hydrogen-bond acceptors (Lipinski definition) is 5. The molecule has 1 aliphatic rings. The van der Waals surface area contributed by atoms with E-state index >= 15 is 0 Å². The molecular formula is C21H20FN3O2S. The average molecular weight is 397 g/mol. The first-order valence-corrected chi connectivity index (χ1v) is 10.0. The Hall–Kier alpha value is -2.93. The Morgan fingerprint density at radius 1 is 1.25 bits per heavy atom. The van der Waals surface area contributed by atoms with E-state index in [0.29, 0.717) is 23.6 Å². The lowest BCUT2D eigenvalue weighted by atomic mass is 10.2. The van der Waals surface area contributed by atoms with Crippen molar-refractivity contribution in [2.75, 3.05) is 18.0 Å². The van der Waals surface area contributed by atoms with E-state index < -0.39 is 0 Å². The summed E-state index contributed by atoms with van der Waals surface area (Å²) in [5.74, 6) is 0.586. The number of aromatic nitrogens is 1. The fourth-order valence-corrected chi connectivity index (χ4v) is 4.05. The topological polar surface area (TPSA) is 54.5 Å². The zero-order valence-corrected chi connectivity index (χ0v) is 16.0. The van der Waals surface area contributed by atoms with Crippen molar-refractivity contribution >= 4 is 22.4 Å². The van der Waals surface area contributed by atoms with Gasteiger partial charge in [-0.15, -0.1) is 11.3 Å². The lowest BCUT2D eigenvalue weighted by Crippen LogP contribution is -2.40. The molecule has 144 valence electrons. The van der Waals surface area contributed by atoms with Crippen molar-refractivity contribution in [3.8, 4) is 11.5 Å². The molecule has 1 aliphatic heterocycles. The molecule has 1 saturated heterocycles. The molecule has 3 aromatic rings. The summed E-state index contributed by atoms with van der Waals surface area (Å²) in [5, 5.41) is 6.00. The van der Waals surface area contributed by atoms with Crippen molar-refractivity contribution in [1.29, 1.82) is 0 Å². The third-order valence-electron chi connectivity index (χ3n) is 4.69. The third kappa shape index (κ3) is 4.31. The van der Waals surface area contributed by atoms with Crippen LogP contribution in [0.1, 0.15) is 23.2 Å². The van der Waals surface area contributed by atoms with Gasteiger partial charge in [0.15, 0.2) is 5.13 Å². The van der Waals surface area contributed by atoms with Crippen LogP contribution in [0.25, 0.3) is 0 Å². The summed E-state index contributed by atoms with van der Waals surface area (Å²) >= 11 is 1.62. The highest BCUT2D eigenvalue weighted by atomic mass is 32.1. The fourth-order valence-electron chi connectivity index (χ4n) is 3.31. The highest BCUT2D eigenvalue weighted by Gasteiger charge is 2.26. The Morgan fingerprint density at radius 3 is 2.89 bits per heavy atom. The molecule has 1 fully saturated rings. The van der Waals surface area contributed by atoms with Crippen LogP contribution >= 0.6 is 11.3 Å². The number of anilines is 1. The molecule has 0 spiro atoms. The summed E-state index contributed by atoms with van der Waals surface area (Å²) in [6.45, 7) is 1.54. The van der Waals surface area contributed by atoms with Gasteiger partial charge in [0.05, 0.1) is 0 Å². The van der Waals surface area contributed by atoms with Crippen molar-refractivity contribution in [1.82, 2.24) is 10.3 Å². The van der Waals surface area contributed by atoms with Crippen LogP contribution in [0.15, 0.2) is 60.1 Å². The molecule has 1 atom stereocenters. The molecule has 2 heterocycles. The van der Waals surface area contributed by atoms with Crippen LogP contribution in [0.2, 0.25) is 0 Å². The number of halogens is 1. The van der Waals surface area contributed by atoms with Crippen molar-refractivity contribution in [3.05, 3.63) is 71.5 Å². The maximum Gasteiger partial charge on any atom is 0.251 e. The predicted octanol–water partition coefficient (Wildman–Crippen LogP) is 4.47. The van der Waals surface area contributed by atoms with E-state index in [2.05, 4.69) is 15.2 Å². The molecule has 1 N–H and O–H groups in total. The second-order valence-corrected chi connectivity index (χ2v) is 7.47. The third-order valence-corrected chi connectivity index (χ3v) is 5.49. The van der Waals surface area contributed by atoms with Gasteiger partial charge in [-0.1, -0.05) is 6.07 Å². The number of carbonyl (C=O) groups excluding carboxylic acids is 1. The monoisotopic (exact) mass is 397 g/mol. The number of hydrogen-bond donors (Lipinski definition) is 1. The van der Waals surface area contributed by atoms with Gasteiger partial charge in [-0.25, -0.2) is 9.37 Å². The van der Waals surface area contributed by atoms with E-state index in [1.54, 1.807) is 53.9 Å². The van der Waals surface area contributed by atoms with Gasteiger partial charge in [0.1, 0.15) is 17.3 Å². The van der Waals surface area contributed by atoms with Crippen LogP contribution in [0.4, 0.5) is 9.52 Å². The number of ether oxygens (including phenoxy) is 1. The molecule has 7 heteroatoms. The first-order chi connectivity index (χ1) is 13.7. The molecule has 1 amide bonds. The normalized spacial score (nSPS) is 16.2. The SMILES string of the molecule is O=C(NCC1CCCN1c1nccs1)c1cccc(Oc2ccc(F)cc2)c1. The molecular weight excluding hydrogens is 377 g/mol. The second kappa shape index (κ2) is 8.39. The highest BCUT2D eigenvalue weighted by molar-refractivity contribution is 7.13. The average Bonchev–Trinajstić information content (AvgIpc) is 3.39. The van der Waals surface area contributed by atoms with Gasteiger partial charge in [-0.05, 0) is 55.3 Å². The van der Waals surface area contributed by atoms with Crippen LogP contribution in [-0.2, 0) is 0 Å². The molecule has 0 radical (unpaired) electrons. The lowest BCUT2D eigenvalue weighted by molar-refractivity contribution is 0.0951. The number of nitrogens with zero attached hydrogens (tertiary/aromatic N) is 2. The zero-order chi connectivity index (χ0) is 19.3. The van der Waals surface area contributed by atoms with Gasteiger partial charge in [0, 0.05) is 36.3 Å². The lowest BCUT2D eigenvalue weighted by Gasteiger charge is -2.24. The van der Waals surface area contributed by atoms with E-state index in [0.717, 1.165) is 24.5 Å². The summed E-state index contributed by atoms with van der Waals surface area (Å²) in [4.78, 5) is 19.2. The van der Waals surface area contributed by atoms with Gasteiger partial charge in [-0.2, -0.15) is 0 Å². The quantitative estimate of drug-likeness (QED) is 0.667. The van der Waals surface area contributed by atoms with Crippen molar-refractivity contribution in [3.63, 3.8) is 0 Å². The van der Waals surface area contributed by atoms with E-state index in [1.807, 2.05) is 5.38 Å². The smallest absolute Gasteiger partial charge is 0.251 e. The maximum atomic E-state index is 13.0. The van der Waals surface area contributed by atoms with E-state index in [1.165, 1.54) is 12.1 Å². The Balaban J connectivity index is 1.37. The minimum Gasteiger partial charge on any atom is -0.457 e. The number of thiazole rings is 1. The van der Waals surface area contributed by atoms with Gasteiger partial charge in [0.2, 0.25) is 0 Å². The van der Waals surface area contributed by atoms with Gasteiger partial charge in [0.25, 0.3) is 5.91 Å². The number of benzene rings is 2. The zero-order valence-electron chi connectivity index (χ0n) is 15.2. The first kappa shape index (κ1) is 18.4. The molecule has 4 rings (SSSR count). The van der Waals surface area contributed by atoms with Crippen molar-refractivity contribution in [2.24, 2.45) is 0 Å². The number of carbonyl (C=O) groups is 1. The number of nitrogens with one attached hydrogen (secondary N) is 1. The van der Waals surface area contributed by atoms with Gasteiger partial charge < -0.3 is 15.0 Å². The van der Waals surface area contributed by atoms with Crippen LogP contribution in [0.5, 0.6) is 11.5 Å². The van der Waals surface area contributed by atoms with E-state index in [-0.39, 0.29) is 17.8 Å². The first-order valence-electron chi connectivity index (χ1n) is 9.17. The number of amides is 1. The fraction of sp³-hybridized carbons (Fsp3) is 0.238. The Labute approximate surface area is 166 Å². The highest BCUT2D eigenvalue weighted by Crippen LogP contribution is 2.27. The molecule has 28 heavy (non-hydrogen) atoms. The Bertz CT molecular complexity index is 931. The summed E-state index contributed by atoms with van der Waals surface area (Å²) < 4.78 is 18.7. The molecule has 1 aromatic heterocycles. The molecule has 2 aromatic carbocycles. The largest absolute Gasteiger partial charge is 0.457 e. The predicted molar refractivity (Wildman–Crippen MR) is 108 cm³/mol. The molecule has 1 unspecified atom stereocenters. The Kier molecular flexibility index (Phi) is 5.53. The van der Waals surface area contributed by atoms with Crippen molar-refractivity contribution in [2.45, 2.75) is 18.9 Å². The van der Waals surface area contributed by atoms with Gasteiger partial charge >= 0.3 is 0 Å². The number of rotatable bonds is 6. The van der Waals surface area contributed by atoms with E-state index in [9.17, 15) is 9.18 Å². The molecule has 5 nitrogen and oxygen atoms in total. The Morgan fingerprint density at radius 2 is 2.11 bits per heavy atom. The molecule has 0 saturated carbocycles. The summed E-state index contributed by atoms with van der Waals surface area (Å²) in [6.07, 6.45) is 3.94. The summed E-state index contributed by atoms with van der Waals surface area (Å²) in [5.41, 5.74) is 0.526. The van der Waals surface area contributed by atoms with Crippen molar-refractivity contribution < 1.29 is 13.9 Å². The minimum absolute atomic E-state index is 0.143.